The van der Waals surface area contributed by atoms with Gasteiger partial charge in [0.15, 0.2) is 0 Å². The molecule has 0 saturated carbocycles. The summed E-state index contributed by atoms with van der Waals surface area (Å²) in [6.07, 6.45) is 0.697. The van der Waals surface area contributed by atoms with Crippen LogP contribution in [0.25, 0.3) is 0 Å². The van der Waals surface area contributed by atoms with Crippen LogP contribution in [-0.2, 0) is 11.8 Å². The first-order valence-corrected chi connectivity index (χ1v) is 5.21. The molecule has 0 nitrogen and oxygen atoms in total. The molecule has 12 heavy (non-hydrogen) atoms. The topological polar surface area (TPSA) is 0 Å². The van der Waals surface area contributed by atoms with Gasteiger partial charge in [-0.2, -0.15) is 0 Å². The van der Waals surface area contributed by atoms with Gasteiger partial charge in [-0.25, -0.2) is 4.39 Å². The van der Waals surface area contributed by atoms with Crippen molar-refractivity contribution in [2.75, 3.05) is 0 Å². The number of alkyl halides is 1. The third kappa shape index (κ3) is 1.99. The van der Waals surface area contributed by atoms with Crippen LogP contribution in [0.3, 0.4) is 0 Å². The Morgan fingerprint density at radius 3 is 2.58 bits per heavy atom. The van der Waals surface area contributed by atoms with Gasteiger partial charge in [-0.1, -0.05) is 40.5 Å². The Kier molecular flexibility index (Phi) is 3.53. The highest BCUT2D eigenvalue weighted by Crippen LogP contribution is 2.22. The van der Waals surface area contributed by atoms with E-state index in [1.54, 1.807) is 6.07 Å². The predicted molar refractivity (Wildman–Crippen MR) is 53.4 cm³/mol. The van der Waals surface area contributed by atoms with Gasteiger partial charge in [0.05, 0.1) is 0 Å². The SMILES string of the molecule is CCc1cc(CBr)c(Cl)cc1F. The van der Waals surface area contributed by atoms with Crippen molar-refractivity contribution < 1.29 is 4.39 Å². The van der Waals surface area contributed by atoms with Gasteiger partial charge in [0.1, 0.15) is 5.82 Å². The fourth-order valence-electron chi connectivity index (χ4n) is 1.02. The molecule has 3 heteroatoms. The van der Waals surface area contributed by atoms with Crippen LogP contribution in [0, 0.1) is 5.82 Å². The van der Waals surface area contributed by atoms with Crippen molar-refractivity contribution in [1.29, 1.82) is 0 Å². The highest BCUT2D eigenvalue weighted by atomic mass is 79.9. The van der Waals surface area contributed by atoms with E-state index in [0.29, 0.717) is 22.3 Å². The largest absolute Gasteiger partial charge is 0.207 e. The van der Waals surface area contributed by atoms with Crippen LogP contribution in [-0.4, -0.2) is 0 Å². The summed E-state index contributed by atoms with van der Waals surface area (Å²) in [5, 5.41) is 1.15. The standard InChI is InChI=1S/C9H9BrClF/c1-2-6-3-7(5-10)8(11)4-9(6)12/h3-4H,2,5H2,1H3. The van der Waals surface area contributed by atoms with Crippen molar-refractivity contribution in [3.8, 4) is 0 Å². The monoisotopic (exact) mass is 250 g/mol. The van der Waals surface area contributed by atoms with Gasteiger partial charge in [0, 0.05) is 10.4 Å². The van der Waals surface area contributed by atoms with Crippen LogP contribution in [0.4, 0.5) is 4.39 Å². The number of hydrogen-bond donors (Lipinski definition) is 0. The van der Waals surface area contributed by atoms with E-state index in [4.69, 9.17) is 11.6 Å². The Bertz CT molecular complexity index is 261. The molecule has 1 rings (SSSR count). The molecule has 1 aromatic carbocycles. The molecule has 0 bridgehead atoms. The van der Waals surface area contributed by atoms with Crippen molar-refractivity contribution in [3.63, 3.8) is 0 Å². The van der Waals surface area contributed by atoms with Crippen LogP contribution in [0.2, 0.25) is 5.02 Å². The average molecular weight is 252 g/mol. The summed E-state index contributed by atoms with van der Waals surface area (Å²) in [6.45, 7) is 1.92. The van der Waals surface area contributed by atoms with Gasteiger partial charge in [-0.05, 0) is 23.6 Å². The minimum atomic E-state index is -0.216. The van der Waals surface area contributed by atoms with Gasteiger partial charge >= 0.3 is 0 Å². The molecule has 66 valence electrons. The molecule has 0 spiro atoms. The van der Waals surface area contributed by atoms with E-state index in [1.165, 1.54) is 6.07 Å². The summed E-state index contributed by atoms with van der Waals surface area (Å²) >= 11 is 9.08. The van der Waals surface area contributed by atoms with E-state index in [0.717, 1.165) is 5.56 Å². The summed E-state index contributed by atoms with van der Waals surface area (Å²) < 4.78 is 13.1. The van der Waals surface area contributed by atoms with Crippen molar-refractivity contribution in [2.24, 2.45) is 0 Å². The summed E-state index contributed by atoms with van der Waals surface area (Å²) in [6, 6.07) is 3.17. The van der Waals surface area contributed by atoms with Gasteiger partial charge < -0.3 is 0 Å². The highest BCUT2D eigenvalue weighted by molar-refractivity contribution is 9.08. The normalized spacial score (nSPS) is 10.3. The summed E-state index contributed by atoms with van der Waals surface area (Å²) in [5.41, 5.74) is 1.66. The number of aryl methyl sites for hydroxylation is 1. The molecule has 0 fully saturated rings. The number of halogens is 3. The number of hydrogen-bond acceptors (Lipinski definition) is 0. The summed E-state index contributed by atoms with van der Waals surface area (Å²) in [4.78, 5) is 0. The molecular weight excluding hydrogens is 242 g/mol. The van der Waals surface area contributed by atoms with Crippen LogP contribution in [0.15, 0.2) is 12.1 Å². The van der Waals surface area contributed by atoms with E-state index in [9.17, 15) is 4.39 Å². The molecule has 0 radical (unpaired) electrons. The van der Waals surface area contributed by atoms with E-state index in [1.807, 2.05) is 6.92 Å². The van der Waals surface area contributed by atoms with Gasteiger partial charge in [-0.15, -0.1) is 0 Å². The van der Waals surface area contributed by atoms with E-state index in [-0.39, 0.29) is 5.82 Å². The van der Waals surface area contributed by atoms with Crippen molar-refractivity contribution in [1.82, 2.24) is 0 Å². The van der Waals surface area contributed by atoms with Crippen molar-refractivity contribution in [2.45, 2.75) is 18.7 Å². The lowest BCUT2D eigenvalue weighted by Gasteiger charge is -2.04. The molecule has 0 atom stereocenters. The third-order valence-electron chi connectivity index (χ3n) is 1.74. The molecule has 0 saturated heterocycles. The van der Waals surface area contributed by atoms with Gasteiger partial charge in [0.25, 0.3) is 0 Å². The maximum absolute atomic E-state index is 13.1. The van der Waals surface area contributed by atoms with Crippen LogP contribution >= 0.6 is 27.5 Å². The number of benzene rings is 1. The lowest BCUT2D eigenvalue weighted by Crippen LogP contribution is -1.91. The first-order chi connectivity index (χ1) is 5.69. The molecule has 0 amide bonds. The Morgan fingerprint density at radius 1 is 1.42 bits per heavy atom. The summed E-state index contributed by atoms with van der Waals surface area (Å²) in [5.74, 6) is -0.216. The molecule has 0 heterocycles. The molecule has 0 aromatic heterocycles. The quantitative estimate of drug-likeness (QED) is 0.699. The smallest absolute Gasteiger partial charge is 0.127 e. The molecule has 0 N–H and O–H groups in total. The van der Waals surface area contributed by atoms with Gasteiger partial charge in [-0.3, -0.25) is 0 Å². The Hall–Kier alpha value is -0.0800. The maximum atomic E-state index is 13.1. The maximum Gasteiger partial charge on any atom is 0.127 e. The Morgan fingerprint density at radius 2 is 2.08 bits per heavy atom. The predicted octanol–water partition coefficient (Wildman–Crippen LogP) is 3.94. The fraction of sp³-hybridized carbons (Fsp3) is 0.333. The van der Waals surface area contributed by atoms with Crippen LogP contribution in [0.5, 0.6) is 0 Å². The third-order valence-corrected chi connectivity index (χ3v) is 2.70. The fourth-order valence-corrected chi connectivity index (χ4v) is 1.86. The molecular formula is C9H9BrClF. The Labute approximate surface area is 84.9 Å². The van der Waals surface area contributed by atoms with Crippen LogP contribution in [0.1, 0.15) is 18.1 Å². The molecule has 0 aliphatic heterocycles. The zero-order chi connectivity index (χ0) is 9.14. The second-order valence-corrected chi connectivity index (χ2v) is 3.49. The minimum absolute atomic E-state index is 0.216. The van der Waals surface area contributed by atoms with Crippen LogP contribution < -0.4 is 0 Å². The first-order valence-electron chi connectivity index (χ1n) is 3.71. The zero-order valence-electron chi connectivity index (χ0n) is 6.70. The molecule has 1 aromatic rings. The van der Waals surface area contributed by atoms with E-state index in [2.05, 4.69) is 15.9 Å². The molecule has 0 aliphatic carbocycles. The first kappa shape index (κ1) is 10.0. The van der Waals surface area contributed by atoms with E-state index < -0.39 is 0 Å². The van der Waals surface area contributed by atoms with E-state index >= 15 is 0 Å². The van der Waals surface area contributed by atoms with Crippen molar-refractivity contribution in [3.05, 3.63) is 34.1 Å². The zero-order valence-corrected chi connectivity index (χ0v) is 9.04. The Balaban J connectivity index is 3.18. The molecule has 0 unspecified atom stereocenters. The molecule has 0 aliphatic rings. The lowest BCUT2D eigenvalue weighted by atomic mass is 10.1. The van der Waals surface area contributed by atoms with Crippen molar-refractivity contribution >= 4 is 27.5 Å². The second-order valence-electron chi connectivity index (χ2n) is 2.52. The average Bonchev–Trinajstić information content (AvgIpc) is 2.05. The summed E-state index contributed by atoms with van der Waals surface area (Å²) in [7, 11) is 0. The van der Waals surface area contributed by atoms with Gasteiger partial charge in [0.2, 0.25) is 0 Å². The number of rotatable bonds is 2. The highest BCUT2D eigenvalue weighted by Gasteiger charge is 2.05. The minimum Gasteiger partial charge on any atom is -0.207 e. The second kappa shape index (κ2) is 4.24. The lowest BCUT2D eigenvalue weighted by molar-refractivity contribution is 0.611.